The van der Waals surface area contributed by atoms with Gasteiger partial charge in [-0.3, -0.25) is 4.40 Å². The largest absolute Gasteiger partial charge is 0.277 e. The minimum Gasteiger partial charge on any atom is -0.277 e. The van der Waals surface area contributed by atoms with E-state index in [1.54, 1.807) is 4.40 Å². The lowest BCUT2D eigenvalue weighted by Gasteiger charge is -2.05. The molecule has 94 valence electrons. The summed E-state index contributed by atoms with van der Waals surface area (Å²) in [6, 6.07) is 0. The minimum absolute atomic E-state index is 0.0279. The summed E-state index contributed by atoms with van der Waals surface area (Å²) in [4.78, 5) is 5.06. The van der Waals surface area contributed by atoms with Crippen LogP contribution in [0.3, 0.4) is 0 Å². The van der Waals surface area contributed by atoms with Crippen LogP contribution in [0.4, 0.5) is 0 Å². The number of nitrogens with two attached hydrogens (primary N) is 1. The van der Waals surface area contributed by atoms with Crippen molar-refractivity contribution in [1.82, 2.24) is 9.38 Å². The molecule has 7 heteroatoms. The van der Waals surface area contributed by atoms with Crippen molar-refractivity contribution in [3.8, 4) is 0 Å². The van der Waals surface area contributed by atoms with Crippen molar-refractivity contribution in [2.45, 2.75) is 38.1 Å². The number of sulfonamides is 1. The van der Waals surface area contributed by atoms with Gasteiger partial charge in [-0.2, -0.15) is 0 Å². The summed E-state index contributed by atoms with van der Waals surface area (Å²) in [5.74, 6) is 0.0279. The van der Waals surface area contributed by atoms with Crippen molar-refractivity contribution < 1.29 is 8.42 Å². The molecule has 0 spiro atoms. The van der Waals surface area contributed by atoms with Crippen molar-refractivity contribution >= 4 is 26.3 Å². The molecule has 2 aromatic rings. The summed E-state index contributed by atoms with van der Waals surface area (Å²) in [7, 11) is -3.76. The molecule has 0 bridgehead atoms. The van der Waals surface area contributed by atoms with E-state index < -0.39 is 10.0 Å². The predicted molar refractivity (Wildman–Crippen MR) is 67.9 cm³/mol. The number of fused-ring (bicyclic) bond motifs is 1. The van der Waals surface area contributed by atoms with Crippen molar-refractivity contribution in [3.63, 3.8) is 0 Å². The van der Waals surface area contributed by atoms with Gasteiger partial charge in [-0.15, -0.1) is 11.3 Å². The monoisotopic (exact) mass is 273 g/mol. The quantitative estimate of drug-likeness (QED) is 0.925. The van der Waals surface area contributed by atoms with E-state index in [0.29, 0.717) is 10.7 Å². The van der Waals surface area contributed by atoms with Gasteiger partial charge in [0.15, 0.2) is 9.99 Å². The molecule has 0 saturated heterocycles. The standard InChI is InChI=1S/C10H15N3O2S2/c1-4-7-5-16-10-12-8(6(2)3)9(13(7)10)17(11,14)15/h5-6H,4H2,1-3H3,(H2,11,14,15). The third-order valence-corrected chi connectivity index (χ3v) is 4.40. The Morgan fingerprint density at radius 3 is 2.65 bits per heavy atom. The highest BCUT2D eigenvalue weighted by Crippen LogP contribution is 2.28. The van der Waals surface area contributed by atoms with Crippen LogP contribution in [-0.4, -0.2) is 17.8 Å². The van der Waals surface area contributed by atoms with Crippen LogP contribution in [0.25, 0.3) is 4.96 Å². The summed E-state index contributed by atoms with van der Waals surface area (Å²) in [6.45, 7) is 5.79. The molecule has 0 aromatic carbocycles. The highest BCUT2D eigenvalue weighted by Gasteiger charge is 2.25. The van der Waals surface area contributed by atoms with Crippen LogP contribution >= 0.6 is 11.3 Å². The SMILES string of the molecule is CCc1csc2nc(C(C)C)c(S(N)(=O)=O)n12. The highest BCUT2D eigenvalue weighted by molar-refractivity contribution is 7.89. The number of hydrogen-bond donors (Lipinski definition) is 1. The van der Waals surface area contributed by atoms with Crippen LogP contribution in [0.2, 0.25) is 0 Å². The number of primary sulfonamides is 1. The molecular weight excluding hydrogens is 258 g/mol. The third-order valence-electron chi connectivity index (χ3n) is 2.60. The molecular formula is C10H15N3O2S2. The number of thiazole rings is 1. The second kappa shape index (κ2) is 4.08. The lowest BCUT2D eigenvalue weighted by molar-refractivity contribution is 0.588. The van der Waals surface area contributed by atoms with Crippen LogP contribution in [0, 0.1) is 0 Å². The van der Waals surface area contributed by atoms with E-state index in [0.717, 1.165) is 12.1 Å². The van der Waals surface area contributed by atoms with Gasteiger partial charge in [0.1, 0.15) is 0 Å². The molecule has 0 saturated carbocycles. The van der Waals surface area contributed by atoms with E-state index in [-0.39, 0.29) is 10.9 Å². The molecule has 0 atom stereocenters. The Balaban J connectivity index is 2.90. The Labute approximate surface area is 104 Å². The molecule has 2 aromatic heterocycles. The number of rotatable bonds is 3. The Morgan fingerprint density at radius 2 is 2.18 bits per heavy atom. The molecule has 5 nitrogen and oxygen atoms in total. The number of nitrogens with zero attached hydrogens (tertiary/aromatic N) is 2. The summed E-state index contributed by atoms with van der Waals surface area (Å²) < 4.78 is 25.1. The smallest absolute Gasteiger partial charge is 0.255 e. The summed E-state index contributed by atoms with van der Waals surface area (Å²) in [5, 5.41) is 7.36. The van der Waals surface area contributed by atoms with Gasteiger partial charge < -0.3 is 0 Å². The zero-order chi connectivity index (χ0) is 12.8. The average Bonchev–Trinajstić information content (AvgIpc) is 2.71. The first-order chi connectivity index (χ1) is 7.86. The molecule has 17 heavy (non-hydrogen) atoms. The van der Waals surface area contributed by atoms with E-state index in [4.69, 9.17) is 5.14 Å². The summed E-state index contributed by atoms with van der Waals surface area (Å²) >= 11 is 1.44. The zero-order valence-corrected chi connectivity index (χ0v) is 11.6. The van der Waals surface area contributed by atoms with Crippen LogP contribution in [0.1, 0.15) is 38.1 Å². The number of aromatic nitrogens is 2. The normalized spacial score (nSPS) is 12.8. The molecule has 2 rings (SSSR count). The maximum atomic E-state index is 11.7. The van der Waals surface area contributed by atoms with E-state index >= 15 is 0 Å². The fourth-order valence-electron chi connectivity index (χ4n) is 1.80. The van der Waals surface area contributed by atoms with E-state index in [2.05, 4.69) is 4.98 Å². The topological polar surface area (TPSA) is 77.5 Å². The maximum Gasteiger partial charge on any atom is 0.255 e. The summed E-state index contributed by atoms with van der Waals surface area (Å²) in [5.41, 5.74) is 1.47. The number of aryl methyl sites for hydroxylation is 1. The zero-order valence-electron chi connectivity index (χ0n) is 9.97. The Kier molecular flexibility index (Phi) is 3.01. The Morgan fingerprint density at radius 1 is 1.53 bits per heavy atom. The van der Waals surface area contributed by atoms with Gasteiger partial charge in [0, 0.05) is 11.1 Å². The fourth-order valence-corrected chi connectivity index (χ4v) is 3.87. The minimum atomic E-state index is -3.76. The van der Waals surface area contributed by atoms with Gasteiger partial charge >= 0.3 is 0 Å². The molecule has 0 aliphatic rings. The molecule has 0 amide bonds. The highest BCUT2D eigenvalue weighted by atomic mass is 32.2. The molecule has 0 unspecified atom stereocenters. The van der Waals surface area contributed by atoms with Crippen molar-refractivity contribution in [1.29, 1.82) is 0 Å². The van der Waals surface area contributed by atoms with Crippen LogP contribution in [0.15, 0.2) is 10.4 Å². The van der Waals surface area contributed by atoms with Gasteiger partial charge in [0.05, 0.1) is 5.69 Å². The van der Waals surface area contributed by atoms with Crippen LogP contribution in [0.5, 0.6) is 0 Å². The van der Waals surface area contributed by atoms with Crippen LogP contribution < -0.4 is 5.14 Å². The first-order valence-electron chi connectivity index (χ1n) is 5.37. The van der Waals surface area contributed by atoms with Gasteiger partial charge in [-0.05, 0) is 12.3 Å². The second-order valence-corrected chi connectivity index (χ2v) is 6.51. The second-order valence-electron chi connectivity index (χ2n) is 4.20. The number of hydrogen-bond acceptors (Lipinski definition) is 4. The average molecular weight is 273 g/mol. The molecule has 0 radical (unpaired) electrons. The molecule has 2 heterocycles. The first kappa shape index (κ1) is 12.5. The Hall–Kier alpha value is -0.920. The predicted octanol–water partition coefficient (Wildman–Crippen LogP) is 1.73. The third kappa shape index (κ3) is 1.98. The lowest BCUT2D eigenvalue weighted by Crippen LogP contribution is -2.17. The maximum absolute atomic E-state index is 11.7. The first-order valence-corrected chi connectivity index (χ1v) is 7.80. The number of imidazole rings is 1. The molecule has 0 aliphatic heterocycles. The molecule has 0 aliphatic carbocycles. The van der Waals surface area contributed by atoms with Gasteiger partial charge in [-0.25, -0.2) is 18.5 Å². The molecule has 2 N–H and O–H groups in total. The van der Waals surface area contributed by atoms with Crippen LogP contribution in [-0.2, 0) is 16.4 Å². The Bertz CT molecular complexity index is 652. The van der Waals surface area contributed by atoms with E-state index in [1.807, 2.05) is 26.2 Å². The van der Waals surface area contributed by atoms with Gasteiger partial charge in [-0.1, -0.05) is 20.8 Å². The molecule has 0 fully saturated rings. The van der Waals surface area contributed by atoms with E-state index in [1.165, 1.54) is 11.3 Å². The van der Waals surface area contributed by atoms with Crippen molar-refractivity contribution in [2.24, 2.45) is 5.14 Å². The van der Waals surface area contributed by atoms with Gasteiger partial charge in [0.2, 0.25) is 0 Å². The summed E-state index contributed by atoms with van der Waals surface area (Å²) in [6.07, 6.45) is 0.746. The van der Waals surface area contributed by atoms with Gasteiger partial charge in [0.25, 0.3) is 10.0 Å². The lowest BCUT2D eigenvalue weighted by atomic mass is 10.1. The van der Waals surface area contributed by atoms with Crippen molar-refractivity contribution in [3.05, 3.63) is 16.8 Å². The fraction of sp³-hybridized carbons (Fsp3) is 0.500. The van der Waals surface area contributed by atoms with E-state index in [9.17, 15) is 8.42 Å². The van der Waals surface area contributed by atoms with Crippen molar-refractivity contribution in [2.75, 3.05) is 0 Å².